The fourth-order valence-electron chi connectivity index (χ4n) is 15.7. The Morgan fingerprint density at radius 2 is 1.01 bits per heavy atom. The number of nitrogens with zero attached hydrogens (tertiary/aromatic N) is 2. The number of fused-ring (bicyclic) bond motifs is 12. The highest BCUT2D eigenvalue weighted by Gasteiger charge is 2.43. The van der Waals surface area contributed by atoms with Crippen molar-refractivity contribution in [2.24, 2.45) is 0 Å². The van der Waals surface area contributed by atoms with Crippen LogP contribution in [0.3, 0.4) is 0 Å². The van der Waals surface area contributed by atoms with E-state index in [1.165, 1.54) is 149 Å². The average Bonchev–Trinajstić information content (AvgIpc) is 1.68. The van der Waals surface area contributed by atoms with Gasteiger partial charge in [0.25, 0.3) is 0 Å². The number of nitrogens with one attached hydrogen (secondary N) is 1. The number of hydrogen-bond donors (Lipinski definition) is 1. The highest BCUT2D eigenvalue weighted by Crippen LogP contribution is 2.57. The third-order valence-electron chi connectivity index (χ3n) is 21.0. The van der Waals surface area contributed by atoms with Crippen molar-refractivity contribution in [2.45, 2.75) is 187 Å². The molecular weight excluding hydrogens is 994 g/mol. The minimum Gasteiger partial charge on any atom is -0.456 e. The van der Waals surface area contributed by atoms with Gasteiger partial charge in [0.1, 0.15) is 11.2 Å². The maximum Gasteiger partial charge on any atom is 0.198 e. The van der Waals surface area contributed by atoms with E-state index < -0.39 is 0 Å². The van der Waals surface area contributed by atoms with Gasteiger partial charge in [0.15, 0.2) is 7.28 Å². The van der Waals surface area contributed by atoms with Crippen LogP contribution in [0.4, 0.5) is 28.4 Å². The Labute approximate surface area is 489 Å². The molecule has 0 amide bonds. The molecule has 2 aliphatic heterocycles. The van der Waals surface area contributed by atoms with Crippen molar-refractivity contribution in [2.75, 3.05) is 10.2 Å². The zero-order chi connectivity index (χ0) is 56.8. The molecule has 2 aromatic heterocycles. The summed E-state index contributed by atoms with van der Waals surface area (Å²) in [5, 5.41) is 9.16. The second kappa shape index (κ2) is 19.0. The van der Waals surface area contributed by atoms with Crippen molar-refractivity contribution in [1.29, 1.82) is 0 Å². The number of furan rings is 1. The highest BCUT2D eigenvalue weighted by atomic mass is 16.3. The van der Waals surface area contributed by atoms with Gasteiger partial charge in [-0.2, -0.15) is 0 Å². The third kappa shape index (κ3) is 8.27. The SMILES string of the molecule is CCCCCc1ccc(Nc2cc3c(cc2-c2cc(N4c5ccccc5C(C)(C)c5ccccc54)c4c5cc6c(cc5n5c4c2Bc2cc(CCCCC)ccc2-5)C(C)(C)CCC6(C)C)oc2cc4c(cc23)C(C)(C)CCC4(C)C)cc1. The molecule has 0 atom stereocenters. The maximum atomic E-state index is 7.29. The van der Waals surface area contributed by atoms with Gasteiger partial charge >= 0.3 is 0 Å². The van der Waals surface area contributed by atoms with Crippen LogP contribution in [0.2, 0.25) is 0 Å². The highest BCUT2D eigenvalue weighted by molar-refractivity contribution is 6.73. The Balaban J connectivity index is 1.12. The number of para-hydroxylation sites is 2. The number of anilines is 5. The molecule has 2 aliphatic carbocycles. The molecule has 0 saturated carbocycles. The van der Waals surface area contributed by atoms with Crippen LogP contribution in [-0.4, -0.2) is 11.8 Å². The second-order valence-electron chi connectivity index (χ2n) is 28.7. The van der Waals surface area contributed by atoms with Crippen LogP contribution in [0.5, 0.6) is 0 Å². The average molecular weight is 1080 g/mol. The Bertz CT molecular complexity index is 4180. The molecule has 0 radical (unpaired) electrons. The van der Waals surface area contributed by atoms with Crippen molar-refractivity contribution in [3.63, 3.8) is 0 Å². The first kappa shape index (κ1) is 53.1. The first-order chi connectivity index (χ1) is 39.3. The molecule has 5 heteroatoms. The van der Waals surface area contributed by atoms with Crippen LogP contribution < -0.4 is 21.1 Å². The van der Waals surface area contributed by atoms with Crippen molar-refractivity contribution in [1.82, 2.24) is 4.57 Å². The predicted octanol–water partition coefficient (Wildman–Crippen LogP) is 20.1. The lowest BCUT2D eigenvalue weighted by atomic mass is 9.58. The van der Waals surface area contributed by atoms with E-state index in [9.17, 15) is 0 Å². The summed E-state index contributed by atoms with van der Waals surface area (Å²) < 4.78 is 10.0. The van der Waals surface area contributed by atoms with E-state index in [-0.39, 0.29) is 27.1 Å². The van der Waals surface area contributed by atoms with E-state index in [1.54, 1.807) is 0 Å². The smallest absolute Gasteiger partial charge is 0.198 e. The van der Waals surface area contributed by atoms with Gasteiger partial charge in [0.2, 0.25) is 0 Å². The fraction of sp³-hybridized carbons (Fsp3) is 0.377. The van der Waals surface area contributed by atoms with Gasteiger partial charge in [-0.3, -0.25) is 0 Å². The lowest BCUT2D eigenvalue weighted by Crippen LogP contribution is -2.38. The molecule has 4 heterocycles. The van der Waals surface area contributed by atoms with Crippen molar-refractivity contribution in [3.8, 4) is 16.8 Å². The Morgan fingerprint density at radius 3 is 1.63 bits per heavy atom. The first-order valence-electron chi connectivity index (χ1n) is 31.5. The molecule has 82 heavy (non-hydrogen) atoms. The predicted molar refractivity (Wildman–Crippen MR) is 353 cm³/mol. The molecular formula is C77H84BN3O. The topological polar surface area (TPSA) is 33.3 Å². The van der Waals surface area contributed by atoms with Crippen LogP contribution in [0.15, 0.2) is 138 Å². The fourth-order valence-corrected chi connectivity index (χ4v) is 15.7. The van der Waals surface area contributed by atoms with E-state index in [1.807, 2.05) is 0 Å². The van der Waals surface area contributed by atoms with Crippen molar-refractivity contribution < 1.29 is 4.42 Å². The largest absolute Gasteiger partial charge is 0.456 e. The molecule has 10 aromatic rings. The quantitative estimate of drug-likeness (QED) is 0.0978. The monoisotopic (exact) mass is 1080 g/mol. The minimum absolute atomic E-state index is 0.0251. The van der Waals surface area contributed by atoms with E-state index >= 15 is 0 Å². The number of rotatable bonds is 12. The Hall–Kier alpha value is -6.98. The van der Waals surface area contributed by atoms with Gasteiger partial charge in [-0.15, -0.1) is 0 Å². The van der Waals surface area contributed by atoms with Crippen LogP contribution in [0.1, 0.15) is 192 Å². The van der Waals surface area contributed by atoms with Gasteiger partial charge in [-0.1, -0.05) is 175 Å². The molecule has 14 rings (SSSR count). The minimum atomic E-state index is -0.216. The second-order valence-corrected chi connectivity index (χ2v) is 28.7. The van der Waals surface area contributed by atoms with Crippen LogP contribution in [-0.2, 0) is 39.9 Å². The summed E-state index contributed by atoms with van der Waals surface area (Å²) in [5.74, 6) is 0. The molecule has 0 spiro atoms. The van der Waals surface area contributed by atoms with Gasteiger partial charge < -0.3 is 19.2 Å². The number of unbranched alkanes of at least 4 members (excludes halogenated alkanes) is 4. The number of hydrogen-bond acceptors (Lipinski definition) is 3. The van der Waals surface area contributed by atoms with Crippen LogP contribution in [0, 0.1) is 0 Å². The van der Waals surface area contributed by atoms with E-state index in [2.05, 4.69) is 231 Å². The standard InChI is InChI=1S/C77H84BN3O/c1-13-15-17-23-47-29-32-49(33-30-47)79-62-42-52-51-40-57-60(76(9,10)38-36-73(57,3)4)46-69(51)82-68(52)44-50(62)53-43-67(80-63-27-21-19-25-55(63)77(11,12)56-26-20-22-28-64(56)80)70-54-41-58-59(75(7,8)37-35-74(58,5)6)45-66(54)81-65-34-31-48(24-18-16-14-2)39-61(65)78-71(53)72(70)81/h19-22,25-34,39-46,78-79H,13-18,23-24,35-38H2,1-12H3. The van der Waals surface area contributed by atoms with Gasteiger partial charge in [0.05, 0.1) is 28.1 Å². The number of benzene rings is 8. The summed E-state index contributed by atoms with van der Waals surface area (Å²) in [6, 6.07) is 53.0. The summed E-state index contributed by atoms with van der Waals surface area (Å²) in [5.41, 5.74) is 28.2. The first-order valence-corrected chi connectivity index (χ1v) is 31.5. The molecule has 0 saturated heterocycles. The number of aryl methyl sites for hydroxylation is 2. The molecule has 8 aromatic carbocycles. The molecule has 4 nitrogen and oxygen atoms in total. The molecule has 0 bridgehead atoms. The van der Waals surface area contributed by atoms with Gasteiger partial charge in [-0.05, 0) is 201 Å². The molecule has 416 valence electrons. The molecule has 1 N–H and O–H groups in total. The Kier molecular flexibility index (Phi) is 12.3. The number of aromatic nitrogens is 1. The summed E-state index contributed by atoms with van der Waals surface area (Å²) in [6.07, 6.45) is 14.2. The normalized spacial score (nSPS) is 17.5. The van der Waals surface area contributed by atoms with E-state index in [4.69, 9.17) is 4.42 Å². The molecule has 0 fully saturated rings. The van der Waals surface area contributed by atoms with Gasteiger partial charge in [0, 0.05) is 49.6 Å². The lowest BCUT2D eigenvalue weighted by Gasteiger charge is -2.42. The van der Waals surface area contributed by atoms with E-state index in [0.29, 0.717) is 0 Å². The summed E-state index contributed by atoms with van der Waals surface area (Å²) in [7, 11) is 0.817. The summed E-state index contributed by atoms with van der Waals surface area (Å²) in [4.78, 5) is 2.65. The third-order valence-corrected chi connectivity index (χ3v) is 21.0. The Morgan fingerprint density at radius 1 is 0.476 bits per heavy atom. The van der Waals surface area contributed by atoms with Crippen molar-refractivity contribution >= 4 is 90.4 Å². The lowest BCUT2D eigenvalue weighted by molar-refractivity contribution is 0.332. The summed E-state index contributed by atoms with van der Waals surface area (Å²) >= 11 is 0. The van der Waals surface area contributed by atoms with Crippen LogP contribution >= 0.6 is 0 Å². The maximum absolute atomic E-state index is 7.29. The van der Waals surface area contributed by atoms with Crippen LogP contribution in [0.25, 0.3) is 60.6 Å². The summed E-state index contributed by atoms with van der Waals surface area (Å²) in [6.45, 7) is 29.1. The van der Waals surface area contributed by atoms with Gasteiger partial charge in [-0.25, -0.2) is 0 Å². The molecule has 4 aliphatic rings. The van der Waals surface area contributed by atoms with E-state index in [0.717, 1.165) is 79.3 Å². The molecule has 0 unspecified atom stereocenters. The zero-order valence-corrected chi connectivity index (χ0v) is 51.2. The van der Waals surface area contributed by atoms with Crippen molar-refractivity contribution in [3.05, 3.63) is 178 Å². The zero-order valence-electron chi connectivity index (χ0n) is 51.2.